The standard InChI is InChI=1S/C22H18N2O7/c1-2-22(29)15-8-17-19-13(9-23(17)20(27)14(15)10-31-21(22)28)12(7-18(25)26)11-5-3-4-6-16(11)24(19)30/h3-6,8,29H,2,7,9-10H2,1H3,(H,25,26)/t22-/m0/s1. The molecule has 4 heterocycles. The fourth-order valence-electron chi connectivity index (χ4n) is 4.65. The first-order valence-corrected chi connectivity index (χ1v) is 9.83. The molecule has 158 valence electrons. The van der Waals surface area contributed by atoms with Crippen molar-refractivity contribution in [1.29, 1.82) is 0 Å². The number of carboxylic acids is 1. The van der Waals surface area contributed by atoms with Gasteiger partial charge >= 0.3 is 11.9 Å². The molecule has 0 aliphatic carbocycles. The van der Waals surface area contributed by atoms with E-state index in [9.17, 15) is 29.8 Å². The third-order valence-corrected chi connectivity index (χ3v) is 6.23. The largest absolute Gasteiger partial charge is 0.618 e. The number of carboxylic acid groups (broad SMARTS) is 1. The number of hydrogen-bond acceptors (Lipinski definition) is 6. The van der Waals surface area contributed by atoms with Crippen molar-refractivity contribution >= 4 is 22.8 Å². The first-order chi connectivity index (χ1) is 14.8. The van der Waals surface area contributed by atoms with E-state index in [-0.39, 0.29) is 54.0 Å². The summed E-state index contributed by atoms with van der Waals surface area (Å²) in [7, 11) is 0. The van der Waals surface area contributed by atoms with Crippen molar-refractivity contribution < 1.29 is 29.3 Å². The lowest BCUT2D eigenvalue weighted by atomic mass is 9.86. The second-order valence-corrected chi connectivity index (χ2v) is 7.79. The third kappa shape index (κ3) is 2.46. The van der Waals surface area contributed by atoms with Crippen LogP contribution in [0.3, 0.4) is 0 Å². The summed E-state index contributed by atoms with van der Waals surface area (Å²) in [4.78, 5) is 37.1. The summed E-state index contributed by atoms with van der Waals surface area (Å²) < 4.78 is 7.10. The summed E-state index contributed by atoms with van der Waals surface area (Å²) in [5.41, 5.74) is -0.591. The van der Waals surface area contributed by atoms with Crippen molar-refractivity contribution in [1.82, 2.24) is 4.57 Å². The number of cyclic esters (lactones) is 1. The quantitative estimate of drug-likeness (QED) is 0.285. The van der Waals surface area contributed by atoms with E-state index in [4.69, 9.17) is 4.74 Å². The molecule has 0 spiro atoms. The Morgan fingerprint density at radius 2 is 2.03 bits per heavy atom. The molecular formula is C22H18N2O7. The Bertz CT molecular complexity index is 1370. The number of nitrogens with zero attached hydrogens (tertiary/aromatic N) is 2. The van der Waals surface area contributed by atoms with Gasteiger partial charge in [-0.1, -0.05) is 19.1 Å². The lowest BCUT2D eigenvalue weighted by Crippen LogP contribution is -2.44. The van der Waals surface area contributed by atoms with Crippen LogP contribution in [0.2, 0.25) is 0 Å². The molecule has 0 bridgehead atoms. The normalized spacial score (nSPS) is 19.0. The maximum absolute atomic E-state index is 13.3. The van der Waals surface area contributed by atoms with Gasteiger partial charge in [0.05, 0.1) is 29.5 Å². The monoisotopic (exact) mass is 422 g/mol. The SMILES string of the molecule is CC[C@@]1(O)C(=O)OCc2c1cc1n(c2=O)Cc2c(CC(=O)O)c3ccccc3[n+]([O-])c2-1. The van der Waals surface area contributed by atoms with Crippen LogP contribution in [0.15, 0.2) is 35.1 Å². The molecule has 2 N–H and O–H groups in total. The molecule has 2 aliphatic heterocycles. The predicted molar refractivity (Wildman–Crippen MR) is 107 cm³/mol. The van der Waals surface area contributed by atoms with Gasteiger partial charge in [0.25, 0.3) is 5.56 Å². The molecule has 0 saturated carbocycles. The van der Waals surface area contributed by atoms with Crippen LogP contribution in [0.4, 0.5) is 0 Å². The Morgan fingerprint density at radius 3 is 2.74 bits per heavy atom. The van der Waals surface area contributed by atoms with Gasteiger partial charge in [-0.15, -0.1) is 0 Å². The van der Waals surface area contributed by atoms with E-state index in [2.05, 4.69) is 0 Å². The molecule has 0 fully saturated rings. The second kappa shape index (κ2) is 6.39. The van der Waals surface area contributed by atoms with Gasteiger partial charge < -0.3 is 20.2 Å². The van der Waals surface area contributed by atoms with E-state index >= 15 is 0 Å². The van der Waals surface area contributed by atoms with Gasteiger partial charge in [-0.3, -0.25) is 14.2 Å². The number of fused-ring (bicyclic) bond motifs is 5. The summed E-state index contributed by atoms with van der Waals surface area (Å²) in [5, 5.41) is 34.2. The van der Waals surface area contributed by atoms with E-state index < -0.39 is 23.1 Å². The van der Waals surface area contributed by atoms with E-state index in [1.807, 2.05) is 0 Å². The number of hydrogen-bond donors (Lipinski definition) is 2. The summed E-state index contributed by atoms with van der Waals surface area (Å²) in [6.07, 6.45) is -0.319. The van der Waals surface area contributed by atoms with Gasteiger partial charge in [-0.25, -0.2) is 4.79 Å². The van der Waals surface area contributed by atoms with E-state index in [1.165, 1.54) is 10.6 Å². The average Bonchev–Trinajstić information content (AvgIpc) is 3.14. The first kappa shape index (κ1) is 19.3. The number of rotatable bonds is 3. The number of carbonyl (C=O) groups excluding carboxylic acids is 1. The van der Waals surface area contributed by atoms with Crippen molar-refractivity contribution in [2.75, 3.05) is 0 Å². The molecule has 0 amide bonds. The minimum Gasteiger partial charge on any atom is -0.618 e. The Kier molecular flexibility index (Phi) is 3.97. The number of aromatic nitrogens is 2. The van der Waals surface area contributed by atoms with Gasteiger partial charge in [0, 0.05) is 11.6 Å². The van der Waals surface area contributed by atoms with E-state index in [1.54, 1.807) is 31.2 Å². The Balaban J connectivity index is 1.88. The molecule has 0 saturated heterocycles. The topological polar surface area (TPSA) is 133 Å². The lowest BCUT2D eigenvalue weighted by molar-refractivity contribution is -0.565. The fraction of sp³-hybridized carbons (Fsp3) is 0.273. The highest BCUT2D eigenvalue weighted by Crippen LogP contribution is 2.39. The number of ether oxygens (including phenoxy) is 1. The van der Waals surface area contributed by atoms with Gasteiger partial charge in [0.15, 0.2) is 5.60 Å². The van der Waals surface area contributed by atoms with Gasteiger partial charge in [-0.2, -0.15) is 4.73 Å². The van der Waals surface area contributed by atoms with Crippen molar-refractivity contribution in [3.8, 4) is 11.4 Å². The first-order valence-electron chi connectivity index (χ1n) is 9.83. The average molecular weight is 422 g/mol. The summed E-state index contributed by atoms with van der Waals surface area (Å²) >= 11 is 0. The molecule has 0 unspecified atom stereocenters. The molecule has 9 nitrogen and oxygen atoms in total. The second-order valence-electron chi connectivity index (χ2n) is 7.79. The van der Waals surface area contributed by atoms with Crippen LogP contribution in [0.1, 0.15) is 35.6 Å². The maximum atomic E-state index is 13.3. The Morgan fingerprint density at radius 1 is 1.29 bits per heavy atom. The zero-order chi connectivity index (χ0) is 22.1. The van der Waals surface area contributed by atoms with Crippen LogP contribution >= 0.6 is 0 Å². The molecular weight excluding hydrogens is 404 g/mol. The maximum Gasteiger partial charge on any atom is 0.343 e. The van der Waals surface area contributed by atoms with Crippen LogP contribution < -0.4 is 10.3 Å². The zero-order valence-corrected chi connectivity index (χ0v) is 16.5. The molecule has 1 atom stereocenters. The summed E-state index contributed by atoms with van der Waals surface area (Å²) in [5.74, 6) is -1.90. The van der Waals surface area contributed by atoms with Crippen molar-refractivity contribution in [3.63, 3.8) is 0 Å². The minimum absolute atomic E-state index is 0.00601. The minimum atomic E-state index is -1.99. The highest BCUT2D eigenvalue weighted by molar-refractivity contribution is 5.89. The predicted octanol–water partition coefficient (Wildman–Crippen LogP) is 0.945. The van der Waals surface area contributed by atoms with Gasteiger partial charge in [0.1, 0.15) is 12.3 Å². The zero-order valence-electron chi connectivity index (χ0n) is 16.5. The van der Waals surface area contributed by atoms with Crippen LogP contribution in [-0.2, 0) is 39.5 Å². The molecule has 5 rings (SSSR count). The molecule has 1 aromatic carbocycles. The van der Waals surface area contributed by atoms with Crippen LogP contribution in [0, 0.1) is 5.21 Å². The number of benzene rings is 1. The third-order valence-electron chi connectivity index (χ3n) is 6.23. The smallest absolute Gasteiger partial charge is 0.343 e. The summed E-state index contributed by atoms with van der Waals surface area (Å²) in [6, 6.07) is 8.15. The van der Waals surface area contributed by atoms with Crippen LogP contribution in [-0.4, -0.2) is 26.7 Å². The van der Waals surface area contributed by atoms with E-state index in [0.717, 1.165) is 0 Å². The van der Waals surface area contributed by atoms with Crippen molar-refractivity contribution in [3.05, 3.63) is 68.1 Å². The fourth-order valence-corrected chi connectivity index (χ4v) is 4.65. The number of aliphatic hydroxyl groups is 1. The molecule has 9 heteroatoms. The number of para-hydroxylation sites is 1. The van der Waals surface area contributed by atoms with Crippen LogP contribution in [0.25, 0.3) is 22.3 Å². The lowest BCUT2D eigenvalue weighted by Gasteiger charge is -2.31. The molecule has 2 aliphatic rings. The van der Waals surface area contributed by atoms with Gasteiger partial charge in [-0.05, 0) is 24.1 Å². The summed E-state index contributed by atoms with van der Waals surface area (Å²) in [6.45, 7) is 1.35. The van der Waals surface area contributed by atoms with Gasteiger partial charge in [0.2, 0.25) is 11.2 Å². The van der Waals surface area contributed by atoms with Crippen molar-refractivity contribution in [2.24, 2.45) is 0 Å². The molecule has 2 aromatic heterocycles. The van der Waals surface area contributed by atoms with Crippen molar-refractivity contribution in [2.45, 2.75) is 38.5 Å². The highest BCUT2D eigenvalue weighted by atomic mass is 16.6. The number of carbonyl (C=O) groups is 2. The number of pyridine rings is 2. The van der Waals surface area contributed by atoms with Crippen LogP contribution in [0.5, 0.6) is 0 Å². The van der Waals surface area contributed by atoms with E-state index in [0.29, 0.717) is 21.2 Å². The Hall–Kier alpha value is -3.72. The Labute approximate surface area is 175 Å². The molecule has 31 heavy (non-hydrogen) atoms. The number of aliphatic carboxylic acids is 1. The molecule has 3 aromatic rings. The number of esters is 1. The molecule has 0 radical (unpaired) electrons. The highest BCUT2D eigenvalue weighted by Gasteiger charge is 2.46.